The molecular weight excluding hydrogens is 482 g/mol. The maximum atomic E-state index is 4.70. The summed E-state index contributed by atoms with van der Waals surface area (Å²) < 4.78 is 0. The zero-order valence-electron chi connectivity index (χ0n) is 23.5. The van der Waals surface area contributed by atoms with E-state index in [4.69, 9.17) is 4.98 Å². The Balaban J connectivity index is 1.41. The highest BCUT2D eigenvalue weighted by molar-refractivity contribution is 5.85. The number of nitrogens with one attached hydrogen (secondary N) is 3. The third-order valence-corrected chi connectivity index (χ3v) is 6.84. The van der Waals surface area contributed by atoms with Gasteiger partial charge in [-0.25, -0.2) is 0 Å². The molecule has 0 saturated carbocycles. The number of aromatic nitrogens is 3. The molecule has 0 atom stereocenters. The second-order valence-corrected chi connectivity index (χ2v) is 9.97. The molecule has 1 aromatic heterocycles. The molecule has 3 N–H and O–H groups in total. The number of unbranched alkanes of at least 4 members (excludes halogenated alkanes) is 2. The smallest absolute Gasteiger partial charge is 0.229 e. The number of benzene rings is 3. The molecule has 206 valence electrons. The molecule has 4 rings (SSSR count). The van der Waals surface area contributed by atoms with Crippen LogP contribution in [0.2, 0.25) is 0 Å². The number of nitrogens with zero attached hydrogens (tertiary/aromatic N) is 4. The van der Waals surface area contributed by atoms with Gasteiger partial charge in [0.2, 0.25) is 17.8 Å². The lowest BCUT2D eigenvalue weighted by Crippen LogP contribution is -2.28. The van der Waals surface area contributed by atoms with E-state index in [1.54, 1.807) is 0 Å². The van der Waals surface area contributed by atoms with Gasteiger partial charge in [0.05, 0.1) is 0 Å². The van der Waals surface area contributed by atoms with Gasteiger partial charge in [0.25, 0.3) is 0 Å². The molecule has 0 amide bonds. The van der Waals surface area contributed by atoms with Crippen LogP contribution in [-0.2, 0) is 13.1 Å². The van der Waals surface area contributed by atoms with Crippen molar-refractivity contribution >= 4 is 28.6 Å². The van der Waals surface area contributed by atoms with Crippen molar-refractivity contribution in [2.24, 2.45) is 0 Å². The third kappa shape index (κ3) is 9.21. The molecule has 1 heterocycles. The van der Waals surface area contributed by atoms with E-state index in [2.05, 4.69) is 99.3 Å². The van der Waals surface area contributed by atoms with E-state index in [0.29, 0.717) is 30.9 Å². The maximum Gasteiger partial charge on any atom is 0.229 e. The largest absolute Gasteiger partial charge is 0.354 e. The van der Waals surface area contributed by atoms with E-state index in [9.17, 15) is 0 Å². The summed E-state index contributed by atoms with van der Waals surface area (Å²) in [5.41, 5.74) is 2.39. The van der Waals surface area contributed by atoms with Gasteiger partial charge in [-0.05, 0) is 60.8 Å². The Kier molecular flexibility index (Phi) is 11.4. The van der Waals surface area contributed by atoms with Gasteiger partial charge in [0.15, 0.2) is 0 Å². The topological polar surface area (TPSA) is 78.0 Å². The molecule has 7 heteroatoms. The molecule has 0 saturated heterocycles. The molecule has 3 aromatic carbocycles. The summed E-state index contributed by atoms with van der Waals surface area (Å²) in [5, 5.41) is 12.7. The lowest BCUT2D eigenvalue weighted by molar-refractivity contribution is 0.264. The first-order chi connectivity index (χ1) is 19.2. The minimum atomic E-state index is 0.559. The van der Waals surface area contributed by atoms with Crippen molar-refractivity contribution < 1.29 is 0 Å². The Morgan fingerprint density at radius 2 is 1.18 bits per heavy atom. The Morgan fingerprint density at radius 1 is 0.590 bits per heavy atom. The van der Waals surface area contributed by atoms with Crippen molar-refractivity contribution in [3.8, 4) is 0 Å². The Bertz CT molecular complexity index is 1250. The van der Waals surface area contributed by atoms with Crippen LogP contribution in [0.4, 0.5) is 17.8 Å². The maximum absolute atomic E-state index is 4.70. The predicted octanol–water partition coefficient (Wildman–Crippen LogP) is 6.95. The summed E-state index contributed by atoms with van der Waals surface area (Å²) in [4.78, 5) is 16.6. The summed E-state index contributed by atoms with van der Waals surface area (Å²) in [6.07, 6.45) is 6.03. The van der Waals surface area contributed by atoms with Crippen LogP contribution < -0.4 is 16.0 Å². The molecule has 4 aromatic rings. The van der Waals surface area contributed by atoms with E-state index in [1.165, 1.54) is 60.7 Å². The summed E-state index contributed by atoms with van der Waals surface area (Å²) in [6.45, 7) is 10.1. The minimum absolute atomic E-state index is 0.559. The number of hydrogen-bond acceptors (Lipinski definition) is 7. The lowest BCUT2D eigenvalue weighted by Gasteiger charge is -2.22. The molecule has 0 bridgehead atoms. The van der Waals surface area contributed by atoms with Crippen LogP contribution in [-0.4, -0.2) is 46.0 Å². The van der Waals surface area contributed by atoms with Crippen molar-refractivity contribution in [3.63, 3.8) is 0 Å². The second-order valence-electron chi connectivity index (χ2n) is 9.97. The van der Waals surface area contributed by atoms with Crippen LogP contribution >= 0.6 is 0 Å². The molecule has 0 radical (unpaired) electrons. The Hall–Kier alpha value is -3.71. The Labute approximate surface area is 233 Å². The fourth-order valence-corrected chi connectivity index (χ4v) is 4.61. The SMILES string of the molecule is CCCCN(CCCC)CCCNc1nc(NCc2ccccc2)nc(NCc2cccc3ccccc23)n1. The van der Waals surface area contributed by atoms with E-state index in [1.807, 2.05) is 18.2 Å². The minimum Gasteiger partial charge on any atom is -0.354 e. The van der Waals surface area contributed by atoms with Crippen LogP contribution in [0.15, 0.2) is 72.8 Å². The van der Waals surface area contributed by atoms with Crippen molar-refractivity contribution in [2.75, 3.05) is 42.1 Å². The fraction of sp³-hybridized carbons (Fsp3) is 0.406. The van der Waals surface area contributed by atoms with E-state index >= 15 is 0 Å². The van der Waals surface area contributed by atoms with Gasteiger partial charge in [-0.1, -0.05) is 99.5 Å². The van der Waals surface area contributed by atoms with Crippen LogP contribution in [0.25, 0.3) is 10.8 Å². The number of hydrogen-bond donors (Lipinski definition) is 3. The van der Waals surface area contributed by atoms with Crippen LogP contribution in [0.1, 0.15) is 57.1 Å². The fourth-order valence-electron chi connectivity index (χ4n) is 4.61. The van der Waals surface area contributed by atoms with Crippen molar-refractivity contribution in [2.45, 2.75) is 59.0 Å². The van der Waals surface area contributed by atoms with E-state index in [-0.39, 0.29) is 0 Å². The number of rotatable bonds is 17. The molecule has 39 heavy (non-hydrogen) atoms. The normalized spacial score (nSPS) is 11.2. The van der Waals surface area contributed by atoms with Gasteiger partial charge in [-0.15, -0.1) is 0 Å². The molecule has 7 nitrogen and oxygen atoms in total. The van der Waals surface area contributed by atoms with Crippen LogP contribution in [0.5, 0.6) is 0 Å². The zero-order chi connectivity index (χ0) is 27.1. The molecule has 0 unspecified atom stereocenters. The average Bonchev–Trinajstić information content (AvgIpc) is 2.98. The number of anilines is 3. The highest BCUT2D eigenvalue weighted by Crippen LogP contribution is 2.20. The van der Waals surface area contributed by atoms with Gasteiger partial charge >= 0.3 is 0 Å². The highest BCUT2D eigenvalue weighted by Gasteiger charge is 2.09. The molecule has 0 aliphatic heterocycles. The second kappa shape index (κ2) is 15.6. The lowest BCUT2D eigenvalue weighted by atomic mass is 10.0. The quantitative estimate of drug-likeness (QED) is 0.129. The molecule has 0 aliphatic carbocycles. The summed E-state index contributed by atoms with van der Waals surface area (Å²) in [7, 11) is 0. The standard InChI is InChI=1S/C32H43N7/c1-3-5-21-39(22-6-4-2)23-13-20-33-30-36-31(34-24-26-14-8-7-9-15-26)38-32(37-30)35-25-28-18-12-17-27-16-10-11-19-29(27)28/h7-12,14-19H,3-6,13,20-25H2,1-2H3,(H3,33,34,35,36,37,38). The third-order valence-electron chi connectivity index (χ3n) is 6.84. The number of fused-ring (bicyclic) bond motifs is 1. The highest BCUT2D eigenvalue weighted by atomic mass is 15.3. The Morgan fingerprint density at radius 3 is 1.90 bits per heavy atom. The van der Waals surface area contributed by atoms with Gasteiger partial charge in [-0.3, -0.25) is 0 Å². The van der Waals surface area contributed by atoms with Gasteiger partial charge in [-0.2, -0.15) is 15.0 Å². The first-order valence-electron chi connectivity index (χ1n) is 14.5. The average molecular weight is 526 g/mol. The molecular formula is C32H43N7. The molecule has 0 fully saturated rings. The van der Waals surface area contributed by atoms with Gasteiger partial charge < -0.3 is 20.9 Å². The summed E-state index contributed by atoms with van der Waals surface area (Å²) in [5.74, 6) is 1.71. The monoisotopic (exact) mass is 525 g/mol. The van der Waals surface area contributed by atoms with E-state index in [0.717, 1.165) is 19.5 Å². The summed E-state index contributed by atoms with van der Waals surface area (Å²) in [6, 6.07) is 25.1. The predicted molar refractivity (Wildman–Crippen MR) is 164 cm³/mol. The summed E-state index contributed by atoms with van der Waals surface area (Å²) >= 11 is 0. The van der Waals surface area contributed by atoms with E-state index < -0.39 is 0 Å². The van der Waals surface area contributed by atoms with Crippen LogP contribution in [0.3, 0.4) is 0 Å². The van der Waals surface area contributed by atoms with Crippen molar-refractivity contribution in [1.82, 2.24) is 19.9 Å². The van der Waals surface area contributed by atoms with Gasteiger partial charge in [0.1, 0.15) is 0 Å². The van der Waals surface area contributed by atoms with Gasteiger partial charge in [0, 0.05) is 19.6 Å². The zero-order valence-corrected chi connectivity index (χ0v) is 23.5. The van der Waals surface area contributed by atoms with Crippen molar-refractivity contribution in [1.29, 1.82) is 0 Å². The molecule has 0 spiro atoms. The first-order valence-corrected chi connectivity index (χ1v) is 14.5. The first kappa shape index (κ1) is 28.3. The van der Waals surface area contributed by atoms with Crippen LogP contribution in [0, 0.1) is 0 Å². The van der Waals surface area contributed by atoms with Crippen molar-refractivity contribution in [3.05, 3.63) is 83.9 Å². The molecule has 0 aliphatic rings.